The first-order chi connectivity index (χ1) is 9.49. The molecule has 1 aromatic rings. The van der Waals surface area contributed by atoms with Crippen molar-refractivity contribution in [1.82, 2.24) is 4.90 Å². The van der Waals surface area contributed by atoms with Gasteiger partial charge in [-0.3, -0.25) is 4.79 Å². The summed E-state index contributed by atoms with van der Waals surface area (Å²) >= 11 is 0. The monoisotopic (exact) mass is 276 g/mol. The van der Waals surface area contributed by atoms with Gasteiger partial charge in [0.05, 0.1) is 25.3 Å². The summed E-state index contributed by atoms with van der Waals surface area (Å²) in [5.74, 6) is 1.21. The van der Waals surface area contributed by atoms with E-state index in [0.717, 1.165) is 0 Å². The maximum atomic E-state index is 12.3. The first-order valence-electron chi connectivity index (χ1n) is 6.42. The van der Waals surface area contributed by atoms with Gasteiger partial charge < -0.3 is 14.4 Å². The van der Waals surface area contributed by atoms with Crippen LogP contribution in [-0.4, -0.2) is 38.1 Å². The Morgan fingerprint density at radius 2 is 2.15 bits per heavy atom. The molecule has 1 aromatic carbocycles. The van der Waals surface area contributed by atoms with Crippen molar-refractivity contribution in [2.24, 2.45) is 5.92 Å². The standard InChI is InChI=1S/C15H20N2O3/c1-11(2)10-20-14-9-12(19-4)5-6-13(14)15(18)17(3)8-7-16/h5-6,9,11H,8,10H2,1-4H3. The van der Waals surface area contributed by atoms with Crippen LogP contribution < -0.4 is 9.47 Å². The average Bonchev–Trinajstić information content (AvgIpc) is 2.44. The van der Waals surface area contributed by atoms with Crippen molar-refractivity contribution >= 4 is 5.91 Å². The largest absolute Gasteiger partial charge is 0.497 e. The predicted octanol–water partition coefficient (Wildman–Crippen LogP) is 2.33. The van der Waals surface area contributed by atoms with Gasteiger partial charge >= 0.3 is 0 Å². The first kappa shape index (κ1) is 15.8. The summed E-state index contributed by atoms with van der Waals surface area (Å²) in [5.41, 5.74) is 0.434. The van der Waals surface area contributed by atoms with Gasteiger partial charge in [0, 0.05) is 13.1 Å². The van der Waals surface area contributed by atoms with E-state index in [4.69, 9.17) is 14.7 Å². The highest BCUT2D eigenvalue weighted by Crippen LogP contribution is 2.26. The van der Waals surface area contributed by atoms with Crippen LogP contribution in [0.5, 0.6) is 11.5 Å². The molecular weight excluding hydrogens is 256 g/mol. The Bertz CT molecular complexity index is 506. The minimum absolute atomic E-state index is 0.0362. The fourth-order valence-electron chi connectivity index (χ4n) is 1.57. The number of nitriles is 1. The Morgan fingerprint density at radius 1 is 1.45 bits per heavy atom. The SMILES string of the molecule is COc1ccc(C(=O)N(C)CC#N)c(OCC(C)C)c1. The van der Waals surface area contributed by atoms with E-state index in [1.807, 2.05) is 19.9 Å². The second-order valence-corrected chi connectivity index (χ2v) is 4.89. The Morgan fingerprint density at radius 3 is 2.70 bits per heavy atom. The van der Waals surface area contributed by atoms with Gasteiger partial charge in [-0.15, -0.1) is 0 Å². The number of nitrogens with zero attached hydrogens (tertiary/aromatic N) is 2. The van der Waals surface area contributed by atoms with Crippen LogP contribution in [0.2, 0.25) is 0 Å². The van der Waals surface area contributed by atoms with Crippen molar-refractivity contribution in [2.45, 2.75) is 13.8 Å². The van der Waals surface area contributed by atoms with Crippen LogP contribution in [0.4, 0.5) is 0 Å². The quantitative estimate of drug-likeness (QED) is 0.748. The molecule has 0 N–H and O–H groups in total. The van der Waals surface area contributed by atoms with Gasteiger partial charge in [0.1, 0.15) is 18.0 Å². The van der Waals surface area contributed by atoms with Gasteiger partial charge in [-0.25, -0.2) is 0 Å². The molecule has 0 spiro atoms. The van der Waals surface area contributed by atoms with E-state index in [2.05, 4.69) is 0 Å². The number of ether oxygens (including phenoxy) is 2. The Balaban J connectivity index is 3.04. The summed E-state index contributed by atoms with van der Waals surface area (Å²) in [4.78, 5) is 13.6. The summed E-state index contributed by atoms with van der Waals surface area (Å²) < 4.78 is 10.8. The average molecular weight is 276 g/mol. The third-order valence-corrected chi connectivity index (χ3v) is 2.65. The second kappa shape index (κ2) is 7.39. The fourth-order valence-corrected chi connectivity index (χ4v) is 1.57. The summed E-state index contributed by atoms with van der Waals surface area (Å²) in [6.07, 6.45) is 0. The Labute approximate surface area is 119 Å². The highest BCUT2D eigenvalue weighted by Gasteiger charge is 2.17. The van der Waals surface area contributed by atoms with E-state index in [9.17, 15) is 4.79 Å². The zero-order valence-corrected chi connectivity index (χ0v) is 12.3. The summed E-state index contributed by atoms with van der Waals surface area (Å²) in [6, 6.07) is 7.00. The van der Waals surface area contributed by atoms with Crippen LogP contribution >= 0.6 is 0 Å². The molecule has 0 atom stereocenters. The van der Waals surface area contributed by atoms with Crippen LogP contribution in [0.3, 0.4) is 0 Å². The number of carbonyl (C=O) groups excluding carboxylic acids is 1. The minimum atomic E-state index is -0.243. The van der Waals surface area contributed by atoms with Crippen molar-refractivity contribution in [2.75, 3.05) is 27.3 Å². The molecule has 1 amide bonds. The molecule has 108 valence electrons. The molecule has 0 saturated carbocycles. The van der Waals surface area contributed by atoms with Gasteiger partial charge in [0.2, 0.25) is 0 Å². The molecular formula is C15H20N2O3. The third-order valence-electron chi connectivity index (χ3n) is 2.65. The molecule has 5 nitrogen and oxygen atoms in total. The highest BCUT2D eigenvalue weighted by atomic mass is 16.5. The van der Waals surface area contributed by atoms with E-state index in [1.165, 1.54) is 4.90 Å². The third kappa shape index (κ3) is 4.16. The number of amides is 1. The molecule has 1 rings (SSSR count). The zero-order chi connectivity index (χ0) is 15.1. The maximum Gasteiger partial charge on any atom is 0.258 e. The van der Waals surface area contributed by atoms with Gasteiger partial charge in [-0.2, -0.15) is 5.26 Å². The molecule has 0 aromatic heterocycles. The van der Waals surface area contributed by atoms with E-state index in [1.54, 1.807) is 32.4 Å². The lowest BCUT2D eigenvalue weighted by atomic mass is 10.1. The highest BCUT2D eigenvalue weighted by molar-refractivity contribution is 5.97. The van der Waals surface area contributed by atoms with Crippen molar-refractivity contribution in [3.8, 4) is 17.6 Å². The zero-order valence-electron chi connectivity index (χ0n) is 12.3. The molecule has 0 saturated heterocycles. The molecule has 0 fully saturated rings. The molecule has 0 radical (unpaired) electrons. The minimum Gasteiger partial charge on any atom is -0.497 e. The molecule has 0 aliphatic rings. The number of hydrogen-bond acceptors (Lipinski definition) is 4. The number of methoxy groups -OCH3 is 1. The lowest BCUT2D eigenvalue weighted by Gasteiger charge is -2.17. The lowest BCUT2D eigenvalue weighted by Crippen LogP contribution is -2.27. The van der Waals surface area contributed by atoms with Crippen LogP contribution in [0.15, 0.2) is 18.2 Å². The van der Waals surface area contributed by atoms with Gasteiger partial charge in [-0.1, -0.05) is 13.8 Å². The number of benzene rings is 1. The van der Waals surface area contributed by atoms with Crippen LogP contribution in [0.1, 0.15) is 24.2 Å². The van der Waals surface area contributed by atoms with Crippen LogP contribution in [0, 0.1) is 17.2 Å². The van der Waals surface area contributed by atoms with Gasteiger partial charge in [-0.05, 0) is 18.1 Å². The fraction of sp³-hybridized carbons (Fsp3) is 0.467. The van der Waals surface area contributed by atoms with Crippen molar-refractivity contribution < 1.29 is 14.3 Å². The molecule has 20 heavy (non-hydrogen) atoms. The normalized spacial score (nSPS) is 10.0. The molecule has 0 heterocycles. The summed E-state index contributed by atoms with van der Waals surface area (Å²) in [5, 5.41) is 8.66. The predicted molar refractivity (Wildman–Crippen MR) is 75.9 cm³/mol. The van der Waals surface area contributed by atoms with Gasteiger partial charge in [0.15, 0.2) is 0 Å². The van der Waals surface area contributed by atoms with Crippen molar-refractivity contribution in [1.29, 1.82) is 5.26 Å². The van der Waals surface area contributed by atoms with E-state index < -0.39 is 0 Å². The topological polar surface area (TPSA) is 62.6 Å². The molecule has 0 bridgehead atoms. The first-order valence-corrected chi connectivity index (χ1v) is 6.42. The van der Waals surface area contributed by atoms with Crippen LogP contribution in [-0.2, 0) is 0 Å². The number of hydrogen-bond donors (Lipinski definition) is 0. The van der Waals surface area contributed by atoms with Gasteiger partial charge in [0.25, 0.3) is 5.91 Å². The number of carbonyl (C=O) groups is 1. The summed E-state index contributed by atoms with van der Waals surface area (Å²) in [7, 11) is 3.15. The Kier molecular flexibility index (Phi) is 5.85. The van der Waals surface area contributed by atoms with E-state index in [0.29, 0.717) is 29.6 Å². The summed E-state index contributed by atoms with van der Waals surface area (Å²) in [6.45, 7) is 4.61. The second-order valence-electron chi connectivity index (χ2n) is 4.89. The van der Waals surface area contributed by atoms with Crippen molar-refractivity contribution in [3.63, 3.8) is 0 Å². The molecule has 0 aliphatic carbocycles. The smallest absolute Gasteiger partial charge is 0.258 e. The molecule has 0 aliphatic heterocycles. The molecule has 0 unspecified atom stereocenters. The van der Waals surface area contributed by atoms with E-state index >= 15 is 0 Å². The number of rotatable bonds is 6. The van der Waals surface area contributed by atoms with Crippen LogP contribution in [0.25, 0.3) is 0 Å². The Hall–Kier alpha value is -2.22. The maximum absolute atomic E-state index is 12.3. The van der Waals surface area contributed by atoms with E-state index in [-0.39, 0.29) is 12.5 Å². The molecule has 5 heteroatoms. The van der Waals surface area contributed by atoms with Crippen molar-refractivity contribution in [3.05, 3.63) is 23.8 Å². The lowest BCUT2D eigenvalue weighted by molar-refractivity contribution is 0.0806.